The van der Waals surface area contributed by atoms with Crippen molar-refractivity contribution in [2.24, 2.45) is 0 Å². The maximum atomic E-state index is 13.5. The molecule has 0 aliphatic carbocycles. The maximum Gasteiger partial charge on any atom is 0.265 e. The summed E-state index contributed by atoms with van der Waals surface area (Å²) in [5, 5.41) is 9.34. The molecule has 1 amide bonds. The summed E-state index contributed by atoms with van der Waals surface area (Å²) in [6.45, 7) is 3.36. The number of nitrogens with one attached hydrogen (secondary N) is 1. The van der Waals surface area contributed by atoms with Crippen molar-refractivity contribution in [3.63, 3.8) is 0 Å². The molecule has 1 heterocycles. The minimum atomic E-state index is -4.07. The molecule has 7 nitrogen and oxygen atoms in total. The molecule has 0 saturated carbocycles. The predicted molar refractivity (Wildman–Crippen MR) is 131 cm³/mol. The van der Waals surface area contributed by atoms with E-state index in [0.717, 1.165) is 10.0 Å². The van der Waals surface area contributed by atoms with Crippen LogP contribution in [-0.2, 0) is 21.2 Å². The van der Waals surface area contributed by atoms with Crippen LogP contribution in [0, 0.1) is 11.8 Å². The number of likely N-dealkylation sites (tertiary alicyclic amines) is 1. The van der Waals surface area contributed by atoms with E-state index < -0.39 is 20.5 Å². The Hall–Kier alpha value is -2.09. The zero-order valence-corrected chi connectivity index (χ0v) is 21.3. The first-order valence-electron chi connectivity index (χ1n) is 10.1. The Kier molecular flexibility index (Phi) is 9.76. The van der Waals surface area contributed by atoms with Crippen molar-refractivity contribution in [1.82, 2.24) is 10.4 Å². The number of rotatable bonds is 7. The zero-order valence-electron chi connectivity index (χ0n) is 18.1. The SMILES string of the molecule is CC#CCOc1ccc(S(=O)(=O)C2(C(=O)NO)CCN(Cc3ccc(Br)cc3)CC2)cc1.Cl. The van der Waals surface area contributed by atoms with E-state index >= 15 is 0 Å². The van der Waals surface area contributed by atoms with Gasteiger partial charge in [0.2, 0.25) is 0 Å². The lowest BCUT2D eigenvalue weighted by Crippen LogP contribution is -2.57. The van der Waals surface area contributed by atoms with Gasteiger partial charge in [-0.15, -0.1) is 18.3 Å². The summed E-state index contributed by atoms with van der Waals surface area (Å²) in [4.78, 5) is 14.8. The van der Waals surface area contributed by atoms with Gasteiger partial charge in [-0.25, -0.2) is 13.9 Å². The molecule has 1 fully saturated rings. The van der Waals surface area contributed by atoms with E-state index in [1.165, 1.54) is 24.3 Å². The van der Waals surface area contributed by atoms with Crippen LogP contribution < -0.4 is 10.2 Å². The smallest absolute Gasteiger partial charge is 0.265 e. The average molecular weight is 558 g/mol. The molecule has 0 aromatic heterocycles. The molecular formula is C23H26BrClN2O5S. The van der Waals surface area contributed by atoms with E-state index in [1.54, 1.807) is 12.4 Å². The fourth-order valence-electron chi connectivity index (χ4n) is 3.77. The monoisotopic (exact) mass is 556 g/mol. The molecule has 178 valence electrons. The zero-order chi connectivity index (χ0) is 23.2. The third-order valence-electron chi connectivity index (χ3n) is 5.63. The molecule has 2 aromatic rings. The van der Waals surface area contributed by atoms with E-state index in [0.29, 0.717) is 25.4 Å². The summed E-state index contributed by atoms with van der Waals surface area (Å²) < 4.78 is 31.7. The molecule has 2 aromatic carbocycles. The normalized spacial score (nSPS) is 15.5. The number of hydrogen-bond donors (Lipinski definition) is 2. The number of carbonyl (C=O) groups excluding carboxylic acids is 1. The number of benzene rings is 2. The van der Waals surface area contributed by atoms with E-state index in [-0.39, 0.29) is 36.8 Å². The van der Waals surface area contributed by atoms with E-state index in [1.807, 2.05) is 24.3 Å². The first kappa shape index (κ1) is 27.2. The van der Waals surface area contributed by atoms with Gasteiger partial charge in [0.1, 0.15) is 12.4 Å². The molecule has 0 bridgehead atoms. The summed E-state index contributed by atoms with van der Waals surface area (Å²) in [5.74, 6) is 5.06. The van der Waals surface area contributed by atoms with E-state index in [2.05, 4.69) is 32.7 Å². The summed E-state index contributed by atoms with van der Waals surface area (Å²) in [5.41, 5.74) is 2.68. The molecule has 3 rings (SSSR count). The van der Waals surface area contributed by atoms with Crippen LogP contribution in [0.2, 0.25) is 0 Å². The van der Waals surface area contributed by atoms with Crippen LogP contribution >= 0.6 is 28.3 Å². The van der Waals surface area contributed by atoms with Crippen LogP contribution in [0.4, 0.5) is 0 Å². The minimum absolute atomic E-state index is 0. The Morgan fingerprint density at radius 1 is 1.15 bits per heavy atom. The lowest BCUT2D eigenvalue weighted by atomic mass is 9.94. The summed E-state index contributed by atoms with van der Waals surface area (Å²) >= 11 is 3.41. The second-order valence-electron chi connectivity index (χ2n) is 7.53. The van der Waals surface area contributed by atoms with E-state index in [4.69, 9.17) is 4.74 Å². The standard InChI is InChI=1S/C23H25BrN2O5S.ClH/c1-2-3-16-31-20-8-10-21(11-9-20)32(29,30)23(22(27)25-28)12-14-26(15-13-23)17-18-4-6-19(24)7-5-18;/h4-11,28H,12-17H2,1H3,(H,25,27);1H. The van der Waals surface area contributed by atoms with Crippen molar-refractivity contribution in [2.75, 3.05) is 19.7 Å². The predicted octanol–water partition coefficient (Wildman–Crippen LogP) is 3.59. The van der Waals surface area contributed by atoms with Crippen molar-refractivity contribution in [2.45, 2.75) is 36.0 Å². The number of hydrogen-bond acceptors (Lipinski definition) is 6. The van der Waals surface area contributed by atoms with Gasteiger partial charge in [-0.1, -0.05) is 34.0 Å². The van der Waals surface area contributed by atoms with E-state index in [9.17, 15) is 18.4 Å². The molecule has 10 heteroatoms. The van der Waals surface area contributed by atoms with Gasteiger partial charge in [0.25, 0.3) is 5.91 Å². The molecule has 1 aliphatic rings. The largest absolute Gasteiger partial charge is 0.481 e. The van der Waals surface area contributed by atoms with Gasteiger partial charge >= 0.3 is 0 Å². The van der Waals surface area contributed by atoms with Crippen LogP contribution in [-0.4, -0.2) is 48.9 Å². The molecule has 1 saturated heterocycles. The Labute approximate surface area is 208 Å². The van der Waals surface area contributed by atoms with Crippen LogP contribution in [0.3, 0.4) is 0 Å². The highest BCUT2D eigenvalue weighted by molar-refractivity contribution is 9.10. The lowest BCUT2D eigenvalue weighted by Gasteiger charge is -2.39. The molecule has 0 atom stereocenters. The van der Waals surface area contributed by atoms with Crippen molar-refractivity contribution in [3.8, 4) is 17.6 Å². The second-order valence-corrected chi connectivity index (χ2v) is 10.7. The Bertz CT molecular complexity index is 1100. The van der Waals surface area contributed by atoms with Gasteiger partial charge < -0.3 is 4.74 Å². The number of sulfone groups is 1. The molecule has 0 unspecified atom stereocenters. The first-order chi connectivity index (χ1) is 15.3. The quantitative estimate of drug-likeness (QED) is 0.307. The van der Waals surface area contributed by atoms with Crippen molar-refractivity contribution >= 4 is 44.1 Å². The van der Waals surface area contributed by atoms with Crippen LogP contribution in [0.15, 0.2) is 57.9 Å². The van der Waals surface area contributed by atoms with Crippen molar-refractivity contribution in [3.05, 3.63) is 58.6 Å². The lowest BCUT2D eigenvalue weighted by molar-refractivity contribution is -0.133. The van der Waals surface area contributed by atoms with Gasteiger partial charge in [-0.3, -0.25) is 14.9 Å². The third-order valence-corrected chi connectivity index (χ3v) is 8.68. The summed E-state index contributed by atoms with van der Waals surface area (Å²) in [6.07, 6.45) is 0.144. The molecule has 0 spiro atoms. The molecule has 2 N–H and O–H groups in total. The topological polar surface area (TPSA) is 95.9 Å². The van der Waals surface area contributed by atoms with Gasteiger partial charge in [-0.05, 0) is 61.7 Å². The first-order valence-corrected chi connectivity index (χ1v) is 12.4. The highest BCUT2D eigenvalue weighted by Gasteiger charge is 2.52. The van der Waals surface area contributed by atoms with Gasteiger partial charge in [0.15, 0.2) is 14.6 Å². The molecule has 1 aliphatic heterocycles. The van der Waals surface area contributed by atoms with Crippen molar-refractivity contribution < 1.29 is 23.2 Å². The second kappa shape index (κ2) is 11.9. The average Bonchev–Trinajstić information content (AvgIpc) is 2.81. The fraction of sp³-hybridized carbons (Fsp3) is 0.348. The van der Waals surface area contributed by atoms with Crippen LogP contribution in [0.1, 0.15) is 25.3 Å². The number of nitrogens with zero attached hydrogens (tertiary/aromatic N) is 1. The number of carbonyl (C=O) groups is 1. The number of ether oxygens (including phenoxy) is 1. The van der Waals surface area contributed by atoms with Gasteiger partial charge in [0, 0.05) is 24.1 Å². The third kappa shape index (κ3) is 6.08. The highest BCUT2D eigenvalue weighted by atomic mass is 79.9. The van der Waals surface area contributed by atoms with Gasteiger partial charge in [0.05, 0.1) is 4.90 Å². The van der Waals surface area contributed by atoms with Crippen LogP contribution in [0.5, 0.6) is 5.75 Å². The Morgan fingerprint density at radius 3 is 2.30 bits per heavy atom. The number of piperidine rings is 1. The highest BCUT2D eigenvalue weighted by Crippen LogP contribution is 2.37. The minimum Gasteiger partial charge on any atom is -0.481 e. The van der Waals surface area contributed by atoms with Crippen molar-refractivity contribution in [1.29, 1.82) is 0 Å². The summed E-state index contributed by atoms with van der Waals surface area (Å²) in [6, 6.07) is 13.8. The fourth-order valence-corrected chi connectivity index (χ4v) is 5.99. The number of amides is 1. The molecule has 33 heavy (non-hydrogen) atoms. The summed E-state index contributed by atoms with van der Waals surface area (Å²) in [7, 11) is -4.07. The maximum absolute atomic E-state index is 13.5. The molecule has 0 radical (unpaired) electrons. The molecular weight excluding hydrogens is 532 g/mol. The Morgan fingerprint density at radius 2 is 1.76 bits per heavy atom. The number of halogens is 2. The number of hydroxylamine groups is 1. The van der Waals surface area contributed by atoms with Gasteiger partial charge in [-0.2, -0.15) is 0 Å². The Balaban J connectivity index is 0.00000385. The van der Waals surface area contributed by atoms with Crippen LogP contribution in [0.25, 0.3) is 0 Å².